The van der Waals surface area contributed by atoms with Crippen molar-refractivity contribution in [2.75, 3.05) is 17.8 Å². The van der Waals surface area contributed by atoms with E-state index in [-0.39, 0.29) is 9.79 Å². The molecule has 0 saturated carbocycles. The Balaban J connectivity index is 1.99. The highest BCUT2D eigenvalue weighted by Crippen LogP contribution is 2.25. The van der Waals surface area contributed by atoms with E-state index in [4.69, 9.17) is 0 Å². The summed E-state index contributed by atoms with van der Waals surface area (Å²) in [6.45, 7) is 0.532. The molecule has 27 heavy (non-hydrogen) atoms. The van der Waals surface area contributed by atoms with Gasteiger partial charge in [-0.15, -0.1) is 11.3 Å². The van der Waals surface area contributed by atoms with Gasteiger partial charge in [0.15, 0.2) is 19.7 Å². The number of nitrogens with zero attached hydrogens (tertiary/aromatic N) is 1. The van der Waals surface area contributed by atoms with Crippen LogP contribution in [0.2, 0.25) is 0 Å². The summed E-state index contributed by atoms with van der Waals surface area (Å²) in [7, 11) is -6.74. The average molecular weight is 423 g/mol. The van der Waals surface area contributed by atoms with Crippen molar-refractivity contribution in [1.82, 2.24) is 4.98 Å². The van der Waals surface area contributed by atoms with Crippen LogP contribution in [0.25, 0.3) is 11.3 Å². The fourth-order valence-corrected chi connectivity index (χ4v) is 4.35. The van der Waals surface area contributed by atoms with Crippen LogP contribution in [0.4, 0.5) is 5.82 Å². The quantitative estimate of drug-likeness (QED) is 0.656. The number of hydrogen-bond acceptors (Lipinski definition) is 7. The van der Waals surface area contributed by atoms with E-state index in [2.05, 4.69) is 10.3 Å². The topological polar surface area (TPSA) is 93.2 Å². The van der Waals surface area contributed by atoms with Gasteiger partial charge >= 0.3 is 0 Å². The standard InChI is InChI=1S/C18H18N2O4S3/c1-26(21,22)15-7-5-13(6-8-15)17-10-16(27(2,23)24)11-18(20-17)19-12-14-4-3-9-25-14/h3-11H,12H2,1-2H3,(H,19,20). The molecule has 1 aromatic carbocycles. The predicted octanol–water partition coefficient (Wildman–Crippen LogP) is 3.23. The number of aromatic nitrogens is 1. The van der Waals surface area contributed by atoms with E-state index in [0.717, 1.165) is 17.4 Å². The Kier molecular flexibility index (Phi) is 5.36. The minimum Gasteiger partial charge on any atom is -0.365 e. The number of nitrogens with one attached hydrogen (secondary N) is 1. The van der Waals surface area contributed by atoms with Gasteiger partial charge in [0.25, 0.3) is 0 Å². The molecule has 0 saturated heterocycles. The highest BCUT2D eigenvalue weighted by Gasteiger charge is 2.14. The number of hydrogen-bond donors (Lipinski definition) is 1. The van der Waals surface area contributed by atoms with Crippen molar-refractivity contribution in [3.05, 3.63) is 58.8 Å². The molecule has 0 bridgehead atoms. The van der Waals surface area contributed by atoms with E-state index in [1.165, 1.54) is 24.3 Å². The van der Waals surface area contributed by atoms with E-state index < -0.39 is 19.7 Å². The zero-order valence-corrected chi connectivity index (χ0v) is 17.2. The molecule has 0 amide bonds. The van der Waals surface area contributed by atoms with Crippen molar-refractivity contribution in [3.8, 4) is 11.3 Å². The molecule has 2 heterocycles. The summed E-state index contributed by atoms with van der Waals surface area (Å²) in [5.41, 5.74) is 1.08. The molecular formula is C18H18N2O4S3. The number of benzene rings is 1. The molecule has 9 heteroatoms. The summed E-state index contributed by atoms with van der Waals surface area (Å²) in [6, 6.07) is 13.1. The summed E-state index contributed by atoms with van der Waals surface area (Å²) in [5.74, 6) is 0.438. The maximum Gasteiger partial charge on any atom is 0.175 e. The molecule has 0 atom stereocenters. The van der Waals surface area contributed by atoms with E-state index in [9.17, 15) is 16.8 Å². The Bertz CT molecular complexity index is 1150. The Labute approximate surface area is 162 Å². The van der Waals surface area contributed by atoms with Crippen LogP contribution < -0.4 is 5.32 Å². The maximum atomic E-state index is 12.1. The van der Waals surface area contributed by atoms with Crippen molar-refractivity contribution >= 4 is 36.8 Å². The maximum absolute atomic E-state index is 12.1. The molecule has 0 fully saturated rings. The SMILES string of the molecule is CS(=O)(=O)c1ccc(-c2cc(S(C)(=O)=O)cc(NCc3cccs3)n2)cc1. The second-order valence-corrected chi connectivity index (χ2v) is 11.1. The Hall–Kier alpha value is -2.23. The smallest absolute Gasteiger partial charge is 0.175 e. The van der Waals surface area contributed by atoms with Crippen LogP contribution in [0.1, 0.15) is 4.88 Å². The van der Waals surface area contributed by atoms with Gasteiger partial charge < -0.3 is 5.32 Å². The van der Waals surface area contributed by atoms with Crippen molar-refractivity contribution in [1.29, 1.82) is 0 Å². The van der Waals surface area contributed by atoms with Crippen LogP contribution >= 0.6 is 11.3 Å². The summed E-state index contributed by atoms with van der Waals surface area (Å²) in [5, 5.41) is 5.11. The van der Waals surface area contributed by atoms with Crippen molar-refractivity contribution in [3.63, 3.8) is 0 Å². The zero-order chi connectivity index (χ0) is 19.7. The lowest BCUT2D eigenvalue weighted by atomic mass is 10.1. The second-order valence-electron chi connectivity index (χ2n) is 6.07. The first-order valence-corrected chi connectivity index (χ1v) is 12.6. The molecule has 0 aliphatic heterocycles. The van der Waals surface area contributed by atoms with E-state index in [1.54, 1.807) is 23.5 Å². The molecule has 0 radical (unpaired) electrons. The van der Waals surface area contributed by atoms with Crippen molar-refractivity contribution in [2.24, 2.45) is 0 Å². The van der Waals surface area contributed by atoms with Gasteiger partial charge in [-0.25, -0.2) is 21.8 Å². The highest BCUT2D eigenvalue weighted by atomic mass is 32.2. The van der Waals surface area contributed by atoms with E-state index in [0.29, 0.717) is 23.6 Å². The molecule has 2 aromatic heterocycles. The molecular weight excluding hydrogens is 404 g/mol. The fourth-order valence-electron chi connectivity index (χ4n) is 2.42. The Morgan fingerprint density at radius 3 is 2.15 bits per heavy atom. The van der Waals surface area contributed by atoms with Crippen LogP contribution in [0.5, 0.6) is 0 Å². The highest BCUT2D eigenvalue weighted by molar-refractivity contribution is 7.91. The fraction of sp³-hybridized carbons (Fsp3) is 0.167. The number of sulfone groups is 2. The van der Waals surface area contributed by atoms with Crippen LogP contribution in [0, 0.1) is 0 Å². The molecule has 1 N–H and O–H groups in total. The number of anilines is 1. The molecule has 3 aromatic rings. The number of rotatable bonds is 6. The summed E-state index contributed by atoms with van der Waals surface area (Å²) >= 11 is 1.59. The molecule has 0 aliphatic carbocycles. The lowest BCUT2D eigenvalue weighted by molar-refractivity contribution is 0.600. The van der Waals surface area contributed by atoms with Crippen LogP contribution in [0.3, 0.4) is 0 Å². The van der Waals surface area contributed by atoms with E-state index in [1.807, 2.05) is 17.5 Å². The average Bonchev–Trinajstić information content (AvgIpc) is 3.12. The van der Waals surface area contributed by atoms with Crippen molar-refractivity contribution < 1.29 is 16.8 Å². The van der Waals surface area contributed by atoms with Crippen LogP contribution in [0.15, 0.2) is 63.7 Å². The van der Waals surface area contributed by atoms with Crippen molar-refractivity contribution in [2.45, 2.75) is 16.3 Å². The van der Waals surface area contributed by atoms with Gasteiger partial charge in [0.05, 0.1) is 22.0 Å². The minimum absolute atomic E-state index is 0.147. The third-order valence-corrected chi connectivity index (χ3v) is 6.93. The molecule has 0 aliphatic rings. The third-order valence-electron chi connectivity index (χ3n) is 3.83. The molecule has 0 unspecified atom stereocenters. The molecule has 142 valence electrons. The molecule has 0 spiro atoms. The Morgan fingerprint density at radius 1 is 0.926 bits per heavy atom. The van der Waals surface area contributed by atoms with Gasteiger partial charge in [-0.05, 0) is 35.7 Å². The minimum atomic E-state index is -3.43. The molecule has 3 rings (SSSR count). The first kappa shape index (κ1) is 19.5. The normalized spacial score (nSPS) is 12.1. The molecule has 6 nitrogen and oxygen atoms in total. The largest absolute Gasteiger partial charge is 0.365 e. The monoisotopic (exact) mass is 422 g/mol. The summed E-state index contributed by atoms with van der Waals surface area (Å²) in [6.07, 6.45) is 2.28. The summed E-state index contributed by atoms with van der Waals surface area (Å²) in [4.78, 5) is 5.93. The lowest BCUT2D eigenvalue weighted by Crippen LogP contribution is -2.05. The van der Waals surface area contributed by atoms with Gasteiger partial charge in [0.1, 0.15) is 5.82 Å². The number of pyridine rings is 1. The zero-order valence-electron chi connectivity index (χ0n) is 14.7. The first-order valence-electron chi connectivity index (χ1n) is 7.92. The first-order chi connectivity index (χ1) is 12.6. The van der Waals surface area contributed by atoms with Crippen LogP contribution in [-0.2, 0) is 26.2 Å². The van der Waals surface area contributed by atoms with Gasteiger partial charge in [0, 0.05) is 23.0 Å². The van der Waals surface area contributed by atoms with Crippen LogP contribution in [-0.4, -0.2) is 34.3 Å². The third kappa shape index (κ3) is 4.94. The number of thiophene rings is 1. The lowest BCUT2D eigenvalue weighted by Gasteiger charge is -2.10. The predicted molar refractivity (Wildman–Crippen MR) is 108 cm³/mol. The second kappa shape index (κ2) is 7.41. The van der Waals surface area contributed by atoms with E-state index >= 15 is 0 Å². The Morgan fingerprint density at radius 2 is 1.59 bits per heavy atom. The van der Waals surface area contributed by atoms with Gasteiger partial charge in [0.2, 0.25) is 0 Å². The van der Waals surface area contributed by atoms with Gasteiger partial charge in [-0.2, -0.15) is 0 Å². The van der Waals surface area contributed by atoms with Gasteiger partial charge in [-0.3, -0.25) is 0 Å². The summed E-state index contributed by atoms with van der Waals surface area (Å²) < 4.78 is 47.3. The van der Waals surface area contributed by atoms with Gasteiger partial charge in [-0.1, -0.05) is 18.2 Å².